The average Bonchev–Trinajstić information content (AvgIpc) is 2.34. The fraction of sp³-hybridized carbons (Fsp3) is 0.333. The summed E-state index contributed by atoms with van der Waals surface area (Å²) >= 11 is 0. The fourth-order valence-corrected chi connectivity index (χ4v) is 1.46. The molecule has 19 heavy (non-hydrogen) atoms. The van der Waals surface area contributed by atoms with Crippen LogP contribution >= 0.6 is 0 Å². The summed E-state index contributed by atoms with van der Waals surface area (Å²) in [7, 11) is 0. The van der Waals surface area contributed by atoms with E-state index in [0.29, 0.717) is 12.1 Å². The van der Waals surface area contributed by atoms with E-state index < -0.39 is 10.8 Å². The summed E-state index contributed by atoms with van der Waals surface area (Å²) in [6.07, 6.45) is 0. The lowest BCUT2D eigenvalue weighted by Gasteiger charge is -2.06. The molecular formula is C12H15N3O4. The van der Waals surface area contributed by atoms with Gasteiger partial charge in [0, 0.05) is 37.2 Å². The van der Waals surface area contributed by atoms with Crippen molar-refractivity contribution in [1.82, 2.24) is 10.6 Å². The molecular weight excluding hydrogens is 250 g/mol. The van der Waals surface area contributed by atoms with Gasteiger partial charge in [-0.3, -0.25) is 19.7 Å². The van der Waals surface area contributed by atoms with Gasteiger partial charge in [-0.15, -0.1) is 0 Å². The first kappa shape index (κ1) is 14.6. The van der Waals surface area contributed by atoms with Crippen LogP contribution in [0.5, 0.6) is 0 Å². The van der Waals surface area contributed by atoms with Gasteiger partial charge in [0.15, 0.2) is 0 Å². The molecule has 7 heteroatoms. The Kier molecular flexibility index (Phi) is 4.99. The quantitative estimate of drug-likeness (QED) is 0.466. The highest BCUT2D eigenvalue weighted by atomic mass is 16.6. The van der Waals surface area contributed by atoms with E-state index in [4.69, 9.17) is 0 Å². The smallest absolute Gasteiger partial charge is 0.273 e. The number of nitro benzene ring substituents is 1. The maximum Gasteiger partial charge on any atom is 0.273 e. The van der Waals surface area contributed by atoms with Crippen LogP contribution in [-0.2, 0) is 4.79 Å². The van der Waals surface area contributed by atoms with Gasteiger partial charge in [-0.05, 0) is 13.0 Å². The number of hydrogen-bond acceptors (Lipinski definition) is 4. The molecule has 1 aromatic rings. The third-order valence-corrected chi connectivity index (χ3v) is 2.45. The predicted octanol–water partition coefficient (Wildman–Crippen LogP) is 0.769. The lowest BCUT2D eigenvalue weighted by atomic mass is 10.1. The van der Waals surface area contributed by atoms with E-state index in [2.05, 4.69) is 10.6 Å². The maximum absolute atomic E-state index is 11.7. The number of rotatable bonds is 5. The summed E-state index contributed by atoms with van der Waals surface area (Å²) in [6.45, 7) is 3.57. The van der Waals surface area contributed by atoms with Crippen LogP contribution in [0.2, 0.25) is 0 Å². The van der Waals surface area contributed by atoms with Crippen molar-refractivity contribution >= 4 is 17.5 Å². The van der Waals surface area contributed by atoms with Crippen molar-refractivity contribution in [3.8, 4) is 0 Å². The molecule has 2 amide bonds. The van der Waals surface area contributed by atoms with Crippen LogP contribution in [0.3, 0.4) is 0 Å². The molecule has 7 nitrogen and oxygen atoms in total. The molecule has 0 aliphatic carbocycles. The molecule has 2 N–H and O–H groups in total. The second-order valence-electron chi connectivity index (χ2n) is 4.00. The van der Waals surface area contributed by atoms with Crippen LogP contribution < -0.4 is 10.6 Å². The van der Waals surface area contributed by atoms with Gasteiger partial charge < -0.3 is 10.6 Å². The number of aryl methyl sites for hydroxylation is 1. The summed E-state index contributed by atoms with van der Waals surface area (Å²) in [4.78, 5) is 32.6. The number of benzene rings is 1. The van der Waals surface area contributed by atoms with Gasteiger partial charge in [0.05, 0.1) is 4.92 Å². The lowest BCUT2D eigenvalue weighted by Crippen LogP contribution is -2.33. The van der Waals surface area contributed by atoms with E-state index in [9.17, 15) is 19.7 Å². The van der Waals surface area contributed by atoms with Crippen molar-refractivity contribution in [2.75, 3.05) is 13.1 Å². The zero-order chi connectivity index (χ0) is 14.4. The molecule has 0 saturated heterocycles. The van der Waals surface area contributed by atoms with E-state index >= 15 is 0 Å². The van der Waals surface area contributed by atoms with Crippen LogP contribution in [0.1, 0.15) is 22.8 Å². The van der Waals surface area contributed by atoms with Crippen molar-refractivity contribution < 1.29 is 14.5 Å². The number of nitrogens with one attached hydrogen (secondary N) is 2. The molecule has 0 spiro atoms. The molecule has 0 aromatic heterocycles. The number of carbonyl (C=O) groups is 2. The minimum atomic E-state index is -0.524. The standard InChI is InChI=1S/C12H15N3O4/c1-8-3-4-10(7-11(8)15(18)19)12(17)14-6-5-13-9(2)16/h3-4,7H,5-6H2,1-2H3,(H,13,16)(H,14,17). The molecule has 0 saturated carbocycles. The minimum Gasteiger partial charge on any atom is -0.355 e. The molecule has 0 heterocycles. The van der Waals surface area contributed by atoms with E-state index in [0.717, 1.165) is 0 Å². The monoisotopic (exact) mass is 265 g/mol. The predicted molar refractivity (Wildman–Crippen MR) is 68.9 cm³/mol. The topological polar surface area (TPSA) is 101 Å². The number of nitro groups is 1. The molecule has 0 aliphatic rings. The second kappa shape index (κ2) is 6.48. The lowest BCUT2D eigenvalue weighted by molar-refractivity contribution is -0.385. The summed E-state index contributed by atoms with van der Waals surface area (Å²) in [5, 5.41) is 15.9. The van der Waals surface area contributed by atoms with Gasteiger partial charge in [0.1, 0.15) is 0 Å². The van der Waals surface area contributed by atoms with E-state index in [1.807, 2.05) is 0 Å². The van der Waals surface area contributed by atoms with Crippen LogP contribution in [0.15, 0.2) is 18.2 Å². The van der Waals surface area contributed by atoms with E-state index in [-0.39, 0.29) is 23.7 Å². The van der Waals surface area contributed by atoms with Gasteiger partial charge >= 0.3 is 0 Å². The van der Waals surface area contributed by atoms with E-state index in [1.165, 1.54) is 25.1 Å². The van der Waals surface area contributed by atoms with Crippen LogP contribution in [-0.4, -0.2) is 29.8 Å². The number of carbonyl (C=O) groups excluding carboxylic acids is 2. The largest absolute Gasteiger partial charge is 0.355 e. The third kappa shape index (κ3) is 4.38. The fourth-order valence-electron chi connectivity index (χ4n) is 1.46. The Morgan fingerprint density at radius 3 is 2.47 bits per heavy atom. The first-order chi connectivity index (χ1) is 8.91. The van der Waals surface area contributed by atoms with Gasteiger partial charge in [-0.1, -0.05) is 6.07 Å². The van der Waals surface area contributed by atoms with Gasteiger partial charge in [0.25, 0.3) is 11.6 Å². The zero-order valence-electron chi connectivity index (χ0n) is 10.7. The Morgan fingerprint density at radius 1 is 1.26 bits per heavy atom. The van der Waals surface area contributed by atoms with Crippen molar-refractivity contribution in [3.63, 3.8) is 0 Å². The molecule has 1 aromatic carbocycles. The Labute approximate surface area is 110 Å². The van der Waals surface area contributed by atoms with Crippen molar-refractivity contribution in [2.45, 2.75) is 13.8 Å². The molecule has 1 rings (SSSR count). The summed E-state index contributed by atoms with van der Waals surface area (Å²) < 4.78 is 0. The van der Waals surface area contributed by atoms with Gasteiger partial charge in [0.2, 0.25) is 5.91 Å². The van der Waals surface area contributed by atoms with Crippen molar-refractivity contribution in [3.05, 3.63) is 39.4 Å². The first-order valence-corrected chi connectivity index (χ1v) is 5.69. The number of amides is 2. The molecule has 0 radical (unpaired) electrons. The highest BCUT2D eigenvalue weighted by Crippen LogP contribution is 2.18. The second-order valence-corrected chi connectivity index (χ2v) is 4.00. The van der Waals surface area contributed by atoms with Gasteiger partial charge in [-0.2, -0.15) is 0 Å². The molecule has 0 bridgehead atoms. The normalized spacial score (nSPS) is 9.79. The average molecular weight is 265 g/mol. The van der Waals surface area contributed by atoms with Crippen LogP contribution in [0.4, 0.5) is 5.69 Å². The highest BCUT2D eigenvalue weighted by Gasteiger charge is 2.14. The van der Waals surface area contributed by atoms with E-state index in [1.54, 1.807) is 6.92 Å². The molecule has 0 unspecified atom stereocenters. The Hall–Kier alpha value is -2.44. The zero-order valence-corrected chi connectivity index (χ0v) is 10.7. The van der Waals surface area contributed by atoms with Gasteiger partial charge in [-0.25, -0.2) is 0 Å². The summed E-state index contributed by atoms with van der Waals surface area (Å²) in [5.41, 5.74) is 0.634. The SMILES string of the molecule is CC(=O)NCCNC(=O)c1ccc(C)c([N+](=O)[O-])c1. The van der Waals surface area contributed by atoms with Crippen molar-refractivity contribution in [2.24, 2.45) is 0 Å². The summed E-state index contributed by atoms with van der Waals surface area (Å²) in [5.74, 6) is -0.589. The Balaban J connectivity index is 2.65. The summed E-state index contributed by atoms with van der Waals surface area (Å²) in [6, 6.07) is 4.29. The molecule has 102 valence electrons. The maximum atomic E-state index is 11.7. The molecule has 0 atom stereocenters. The van der Waals surface area contributed by atoms with Crippen molar-refractivity contribution in [1.29, 1.82) is 0 Å². The highest BCUT2D eigenvalue weighted by molar-refractivity contribution is 5.95. The minimum absolute atomic E-state index is 0.0884. The van der Waals surface area contributed by atoms with Crippen LogP contribution in [0, 0.1) is 17.0 Å². The van der Waals surface area contributed by atoms with Crippen LogP contribution in [0.25, 0.3) is 0 Å². The Morgan fingerprint density at radius 2 is 1.89 bits per heavy atom. The molecule has 0 fully saturated rings. The Bertz CT molecular complexity index is 514. The number of hydrogen-bond donors (Lipinski definition) is 2. The molecule has 0 aliphatic heterocycles. The first-order valence-electron chi connectivity index (χ1n) is 5.69. The third-order valence-electron chi connectivity index (χ3n) is 2.45. The number of nitrogens with zero attached hydrogens (tertiary/aromatic N) is 1.